The van der Waals surface area contributed by atoms with Gasteiger partial charge in [-0.1, -0.05) is 56.3 Å². The molecule has 0 unspecified atom stereocenters. The van der Waals surface area contributed by atoms with E-state index in [1.165, 1.54) is 53.5 Å². The Kier molecular flexibility index (Phi) is 6.49. The lowest BCUT2D eigenvalue weighted by Crippen LogP contribution is -2.28. The van der Waals surface area contributed by atoms with Gasteiger partial charge in [0, 0.05) is 6.42 Å². The Hall–Kier alpha value is -2.09. The normalized spacial score (nSPS) is 14.5. The van der Waals surface area contributed by atoms with Crippen molar-refractivity contribution >= 4 is 5.91 Å². The molecule has 1 atom stereocenters. The van der Waals surface area contributed by atoms with Crippen LogP contribution in [0.2, 0.25) is 0 Å². The molecule has 138 valence electrons. The van der Waals surface area contributed by atoms with E-state index in [0.717, 1.165) is 19.3 Å². The largest absolute Gasteiger partial charge is 0.349 e. The zero-order valence-corrected chi connectivity index (χ0v) is 16.2. The van der Waals surface area contributed by atoms with Gasteiger partial charge in [0.1, 0.15) is 0 Å². The smallest absolute Gasteiger partial charge is 0.220 e. The highest BCUT2D eigenvalue weighted by Crippen LogP contribution is 2.26. The summed E-state index contributed by atoms with van der Waals surface area (Å²) in [4.78, 5) is 12.5. The number of fused-ring (bicyclic) bond motifs is 1. The molecule has 0 heterocycles. The molecule has 26 heavy (non-hydrogen) atoms. The van der Waals surface area contributed by atoms with Gasteiger partial charge in [0.05, 0.1) is 6.04 Å². The molecule has 3 rings (SSSR count). The summed E-state index contributed by atoms with van der Waals surface area (Å²) in [6, 6.07) is 15.5. The van der Waals surface area contributed by atoms with Crippen molar-refractivity contribution in [2.45, 2.75) is 71.3 Å². The van der Waals surface area contributed by atoms with E-state index in [2.05, 4.69) is 61.6 Å². The molecule has 2 aromatic rings. The number of carbonyl (C=O) groups excluding carboxylic acids is 1. The third kappa shape index (κ3) is 4.75. The first-order valence-electron chi connectivity index (χ1n) is 10.2. The van der Waals surface area contributed by atoms with Crippen molar-refractivity contribution < 1.29 is 4.79 Å². The summed E-state index contributed by atoms with van der Waals surface area (Å²) in [5.41, 5.74) is 6.82. The van der Waals surface area contributed by atoms with Gasteiger partial charge < -0.3 is 5.32 Å². The van der Waals surface area contributed by atoms with Crippen LogP contribution in [0, 0.1) is 0 Å². The number of carbonyl (C=O) groups is 1. The Labute approximate surface area is 158 Å². The lowest BCUT2D eigenvalue weighted by molar-refractivity contribution is -0.121. The van der Waals surface area contributed by atoms with Gasteiger partial charge in [-0.05, 0) is 72.8 Å². The summed E-state index contributed by atoms with van der Waals surface area (Å²) in [6.45, 7) is 4.31. The number of amides is 1. The Bertz CT molecular complexity index is 732. The van der Waals surface area contributed by atoms with Crippen LogP contribution in [0.15, 0.2) is 42.5 Å². The van der Waals surface area contributed by atoms with Crippen LogP contribution in [0.1, 0.15) is 73.4 Å². The summed E-state index contributed by atoms with van der Waals surface area (Å²) < 4.78 is 0. The second-order valence-electron chi connectivity index (χ2n) is 7.43. The molecule has 2 aromatic carbocycles. The van der Waals surface area contributed by atoms with Gasteiger partial charge in [0.15, 0.2) is 0 Å². The topological polar surface area (TPSA) is 29.1 Å². The van der Waals surface area contributed by atoms with Crippen LogP contribution in [0.25, 0.3) is 0 Å². The Morgan fingerprint density at radius 3 is 2.35 bits per heavy atom. The average molecular weight is 350 g/mol. The van der Waals surface area contributed by atoms with Crippen LogP contribution in [-0.2, 0) is 30.5 Å². The SMILES string of the molecule is CCc1ccc(CCC(=O)N[C@@H](CC)c2ccc3c(c2)CCCC3)cc1. The lowest BCUT2D eigenvalue weighted by atomic mass is 9.88. The van der Waals surface area contributed by atoms with E-state index < -0.39 is 0 Å². The fraction of sp³-hybridized carbons (Fsp3) is 0.458. The number of hydrogen-bond donors (Lipinski definition) is 1. The molecule has 0 saturated heterocycles. The number of nitrogens with one attached hydrogen (secondary N) is 1. The Morgan fingerprint density at radius 2 is 1.65 bits per heavy atom. The van der Waals surface area contributed by atoms with Gasteiger partial charge in [-0.25, -0.2) is 0 Å². The van der Waals surface area contributed by atoms with Crippen LogP contribution in [-0.4, -0.2) is 5.91 Å². The van der Waals surface area contributed by atoms with Gasteiger partial charge in [-0.2, -0.15) is 0 Å². The van der Waals surface area contributed by atoms with Gasteiger partial charge in [-0.15, -0.1) is 0 Å². The summed E-state index contributed by atoms with van der Waals surface area (Å²) >= 11 is 0. The van der Waals surface area contributed by atoms with Crippen molar-refractivity contribution in [3.8, 4) is 0 Å². The molecule has 1 N–H and O–H groups in total. The van der Waals surface area contributed by atoms with E-state index in [0.29, 0.717) is 6.42 Å². The quantitative estimate of drug-likeness (QED) is 0.719. The molecular formula is C24H31NO. The van der Waals surface area contributed by atoms with Crippen molar-refractivity contribution in [2.24, 2.45) is 0 Å². The van der Waals surface area contributed by atoms with Crippen LogP contribution >= 0.6 is 0 Å². The Morgan fingerprint density at radius 1 is 0.962 bits per heavy atom. The van der Waals surface area contributed by atoms with Crippen LogP contribution in [0.5, 0.6) is 0 Å². The molecule has 2 heteroatoms. The maximum absolute atomic E-state index is 12.5. The number of benzene rings is 2. The van der Waals surface area contributed by atoms with E-state index >= 15 is 0 Å². The van der Waals surface area contributed by atoms with E-state index in [4.69, 9.17) is 0 Å². The highest BCUT2D eigenvalue weighted by molar-refractivity contribution is 5.76. The van der Waals surface area contributed by atoms with Gasteiger partial charge in [-0.3, -0.25) is 4.79 Å². The first-order chi connectivity index (χ1) is 12.7. The zero-order chi connectivity index (χ0) is 18.4. The maximum Gasteiger partial charge on any atom is 0.220 e. The van der Waals surface area contributed by atoms with Crippen LogP contribution in [0.4, 0.5) is 0 Å². The van der Waals surface area contributed by atoms with Crippen molar-refractivity contribution in [1.29, 1.82) is 0 Å². The molecule has 1 aliphatic carbocycles. The predicted octanol–water partition coefficient (Wildman–Crippen LogP) is 5.33. The number of rotatable bonds is 7. The fourth-order valence-electron chi connectivity index (χ4n) is 3.86. The van der Waals surface area contributed by atoms with Gasteiger partial charge in [0.25, 0.3) is 0 Å². The molecule has 0 saturated carbocycles. The lowest BCUT2D eigenvalue weighted by Gasteiger charge is -2.21. The van der Waals surface area contributed by atoms with E-state index in [-0.39, 0.29) is 11.9 Å². The molecular weight excluding hydrogens is 318 g/mol. The standard InChI is InChI=1S/C24H31NO/c1-3-18-9-11-19(12-10-18)13-16-24(26)25-23(4-2)22-15-14-20-7-5-6-8-21(20)17-22/h9-12,14-15,17,23H,3-8,13,16H2,1-2H3,(H,25,26)/t23-/m0/s1. The van der Waals surface area contributed by atoms with Crippen molar-refractivity contribution in [2.75, 3.05) is 0 Å². The average Bonchev–Trinajstić information content (AvgIpc) is 2.70. The minimum atomic E-state index is 0.122. The Balaban J connectivity index is 1.57. The van der Waals surface area contributed by atoms with Gasteiger partial charge in [0.2, 0.25) is 5.91 Å². The maximum atomic E-state index is 12.5. The molecule has 0 spiro atoms. The van der Waals surface area contributed by atoms with Gasteiger partial charge >= 0.3 is 0 Å². The molecule has 0 radical (unpaired) electrons. The molecule has 0 aliphatic heterocycles. The minimum Gasteiger partial charge on any atom is -0.349 e. The highest BCUT2D eigenvalue weighted by atomic mass is 16.1. The first-order valence-corrected chi connectivity index (χ1v) is 10.2. The van der Waals surface area contributed by atoms with Crippen molar-refractivity contribution in [3.05, 3.63) is 70.3 Å². The molecule has 1 amide bonds. The predicted molar refractivity (Wildman–Crippen MR) is 108 cm³/mol. The summed E-state index contributed by atoms with van der Waals surface area (Å²) in [7, 11) is 0. The highest BCUT2D eigenvalue weighted by Gasteiger charge is 2.16. The second kappa shape index (κ2) is 9.02. The van der Waals surface area contributed by atoms with Crippen molar-refractivity contribution in [1.82, 2.24) is 5.32 Å². The van der Waals surface area contributed by atoms with E-state index in [1.54, 1.807) is 0 Å². The molecule has 1 aliphatic rings. The van der Waals surface area contributed by atoms with Crippen LogP contribution < -0.4 is 5.32 Å². The number of hydrogen-bond acceptors (Lipinski definition) is 1. The first kappa shape index (κ1) is 18.7. The third-order valence-electron chi connectivity index (χ3n) is 5.59. The number of aryl methyl sites for hydroxylation is 4. The molecule has 0 aromatic heterocycles. The van der Waals surface area contributed by atoms with E-state index in [1.807, 2.05) is 0 Å². The molecule has 0 bridgehead atoms. The summed E-state index contributed by atoms with van der Waals surface area (Å²) in [6.07, 6.45) is 8.31. The van der Waals surface area contributed by atoms with Crippen LogP contribution in [0.3, 0.4) is 0 Å². The monoisotopic (exact) mass is 349 g/mol. The van der Waals surface area contributed by atoms with Crippen molar-refractivity contribution in [3.63, 3.8) is 0 Å². The summed E-state index contributed by atoms with van der Waals surface area (Å²) in [5, 5.41) is 3.24. The fourth-order valence-corrected chi connectivity index (χ4v) is 3.86. The second-order valence-corrected chi connectivity index (χ2v) is 7.43. The minimum absolute atomic E-state index is 0.122. The third-order valence-corrected chi connectivity index (χ3v) is 5.59. The molecule has 0 fully saturated rings. The summed E-state index contributed by atoms with van der Waals surface area (Å²) in [5.74, 6) is 0.147. The zero-order valence-electron chi connectivity index (χ0n) is 16.2. The van der Waals surface area contributed by atoms with E-state index in [9.17, 15) is 4.79 Å². The molecule has 2 nitrogen and oxygen atoms in total.